The van der Waals surface area contributed by atoms with Crippen LogP contribution in [0.25, 0.3) is 10.2 Å². The number of carbonyl (C=O) groups excluding carboxylic acids is 1. The van der Waals surface area contributed by atoms with Crippen molar-refractivity contribution in [2.24, 2.45) is 0 Å². The molecule has 0 N–H and O–H groups in total. The summed E-state index contributed by atoms with van der Waals surface area (Å²) in [5.74, 6) is -0.765. The molecule has 0 saturated heterocycles. The number of benzene rings is 3. The summed E-state index contributed by atoms with van der Waals surface area (Å²) in [7, 11) is -3.84. The Morgan fingerprint density at radius 3 is 2.37 bits per heavy atom. The summed E-state index contributed by atoms with van der Waals surface area (Å²) in [5, 5.41) is 0.388. The fraction of sp³-hybridized carbons (Fsp3) is 0.107. The Bertz CT molecular complexity index is 1680. The number of amides is 1. The fourth-order valence-corrected chi connectivity index (χ4v) is 6.48. The zero-order chi connectivity index (χ0) is 26.7. The molecule has 2 aromatic heterocycles. The lowest BCUT2D eigenvalue weighted by Gasteiger charge is -2.23. The van der Waals surface area contributed by atoms with Crippen molar-refractivity contribution in [1.82, 2.24) is 9.97 Å². The summed E-state index contributed by atoms with van der Waals surface area (Å²) in [6.45, 7) is 2.16. The second-order valence-corrected chi connectivity index (χ2v) is 11.2. The monoisotopic (exact) mass is 546 g/mol. The van der Waals surface area contributed by atoms with Crippen LogP contribution in [0.5, 0.6) is 0 Å². The Morgan fingerprint density at radius 2 is 1.68 bits per heavy atom. The first kappa shape index (κ1) is 25.5. The minimum absolute atomic E-state index is 0.0755. The molecule has 0 aliphatic carbocycles. The Balaban J connectivity index is 1.48. The van der Waals surface area contributed by atoms with Gasteiger partial charge in [-0.3, -0.25) is 19.0 Å². The van der Waals surface area contributed by atoms with Crippen LogP contribution < -0.4 is 9.21 Å². The molecule has 0 bridgehead atoms. The average molecular weight is 547 g/mol. The maximum atomic E-state index is 13.8. The molecule has 5 aromatic rings. The third-order valence-electron chi connectivity index (χ3n) is 5.88. The molecule has 0 atom stereocenters. The van der Waals surface area contributed by atoms with Crippen LogP contribution >= 0.6 is 11.3 Å². The second kappa shape index (κ2) is 10.7. The quantitative estimate of drug-likeness (QED) is 0.242. The molecule has 192 valence electrons. The zero-order valence-electron chi connectivity index (χ0n) is 20.4. The third-order valence-corrected chi connectivity index (χ3v) is 8.84. The highest BCUT2D eigenvalue weighted by atomic mass is 32.2. The first-order valence-electron chi connectivity index (χ1n) is 11.8. The molecule has 5 rings (SSSR count). The topological polar surface area (TPSA) is 83.5 Å². The van der Waals surface area contributed by atoms with E-state index >= 15 is 0 Å². The number of pyridine rings is 1. The molecular weight excluding hydrogens is 523 g/mol. The normalized spacial score (nSPS) is 11.4. The van der Waals surface area contributed by atoms with E-state index in [4.69, 9.17) is 0 Å². The number of para-hydroxylation sites is 1. The summed E-state index contributed by atoms with van der Waals surface area (Å²) >= 11 is 1.20. The van der Waals surface area contributed by atoms with Crippen LogP contribution in [-0.2, 0) is 16.6 Å². The lowest BCUT2D eigenvalue weighted by Crippen LogP contribution is -2.32. The Hall–Kier alpha value is -4.15. The molecule has 0 fully saturated rings. The van der Waals surface area contributed by atoms with Crippen molar-refractivity contribution >= 4 is 48.3 Å². The van der Waals surface area contributed by atoms with Gasteiger partial charge in [-0.1, -0.05) is 35.6 Å². The van der Waals surface area contributed by atoms with Crippen LogP contribution in [0.3, 0.4) is 0 Å². The fourth-order valence-electron chi connectivity index (χ4n) is 4.02. The van der Waals surface area contributed by atoms with E-state index in [1.165, 1.54) is 56.9 Å². The van der Waals surface area contributed by atoms with Gasteiger partial charge in [0, 0.05) is 18.3 Å². The number of aromatic nitrogens is 2. The number of rotatable bonds is 8. The van der Waals surface area contributed by atoms with Crippen LogP contribution in [0, 0.1) is 5.82 Å². The van der Waals surface area contributed by atoms with Gasteiger partial charge >= 0.3 is 0 Å². The molecule has 0 aliphatic rings. The number of hydrogen-bond donors (Lipinski definition) is 0. The van der Waals surface area contributed by atoms with Crippen LogP contribution in [-0.4, -0.2) is 30.8 Å². The van der Waals surface area contributed by atoms with E-state index in [0.29, 0.717) is 26.7 Å². The Morgan fingerprint density at radius 1 is 0.947 bits per heavy atom. The van der Waals surface area contributed by atoms with E-state index < -0.39 is 10.0 Å². The van der Waals surface area contributed by atoms with E-state index in [0.717, 1.165) is 0 Å². The van der Waals surface area contributed by atoms with Gasteiger partial charge in [0.2, 0.25) is 0 Å². The van der Waals surface area contributed by atoms with E-state index in [1.54, 1.807) is 55.6 Å². The summed E-state index contributed by atoms with van der Waals surface area (Å²) in [4.78, 5) is 24.1. The van der Waals surface area contributed by atoms with Gasteiger partial charge in [0.1, 0.15) is 5.82 Å². The van der Waals surface area contributed by atoms with Crippen molar-refractivity contribution in [2.45, 2.75) is 18.4 Å². The predicted octanol–water partition coefficient (Wildman–Crippen LogP) is 5.89. The van der Waals surface area contributed by atoms with Crippen LogP contribution in [0.4, 0.5) is 15.2 Å². The Kier molecular flexibility index (Phi) is 7.17. The molecule has 2 heterocycles. The van der Waals surface area contributed by atoms with E-state index in [2.05, 4.69) is 9.97 Å². The van der Waals surface area contributed by atoms with Gasteiger partial charge in [0.05, 0.1) is 33.0 Å². The second-order valence-electron chi connectivity index (χ2n) is 8.35. The highest BCUT2D eigenvalue weighted by molar-refractivity contribution is 7.92. The minimum Gasteiger partial charge on any atom is -0.278 e. The van der Waals surface area contributed by atoms with Gasteiger partial charge in [-0.15, -0.1) is 0 Å². The average Bonchev–Trinajstić information content (AvgIpc) is 3.36. The van der Waals surface area contributed by atoms with Gasteiger partial charge in [0.25, 0.3) is 15.9 Å². The molecule has 0 saturated carbocycles. The maximum absolute atomic E-state index is 13.8. The lowest BCUT2D eigenvalue weighted by molar-refractivity contribution is 0.0984. The molecule has 38 heavy (non-hydrogen) atoms. The van der Waals surface area contributed by atoms with Crippen molar-refractivity contribution in [2.75, 3.05) is 15.7 Å². The number of halogens is 1. The minimum atomic E-state index is -3.84. The van der Waals surface area contributed by atoms with Gasteiger partial charge in [-0.25, -0.2) is 17.8 Å². The number of fused-ring (bicyclic) bond motifs is 1. The number of sulfonamides is 1. The third kappa shape index (κ3) is 5.13. The lowest BCUT2D eigenvalue weighted by atomic mass is 10.2. The highest BCUT2D eigenvalue weighted by Crippen LogP contribution is 2.31. The summed E-state index contributed by atoms with van der Waals surface area (Å²) in [5.41, 5.74) is 2.07. The van der Waals surface area contributed by atoms with Crippen LogP contribution in [0.2, 0.25) is 0 Å². The number of anilines is 2. The predicted molar refractivity (Wildman–Crippen MR) is 147 cm³/mol. The highest BCUT2D eigenvalue weighted by Gasteiger charge is 2.26. The van der Waals surface area contributed by atoms with Crippen molar-refractivity contribution in [3.63, 3.8) is 0 Å². The molecule has 0 spiro atoms. The molecule has 0 aliphatic heterocycles. The van der Waals surface area contributed by atoms with Crippen molar-refractivity contribution in [3.05, 3.63) is 114 Å². The van der Waals surface area contributed by atoms with Crippen LogP contribution in [0.1, 0.15) is 23.0 Å². The smallest absolute Gasteiger partial charge is 0.264 e. The van der Waals surface area contributed by atoms with E-state index in [1.807, 2.05) is 12.1 Å². The first-order valence-corrected chi connectivity index (χ1v) is 14.1. The van der Waals surface area contributed by atoms with Crippen LogP contribution in [0.15, 0.2) is 102 Å². The SMILES string of the molecule is CCN(c1ccccc1)S(=O)(=O)c1ccc(C(=O)N(Cc2ccccn2)c2nc3ccc(F)cc3s2)cc1. The zero-order valence-corrected chi connectivity index (χ0v) is 22.0. The molecule has 3 aromatic carbocycles. The molecule has 0 unspecified atom stereocenters. The molecule has 10 heteroatoms. The van der Waals surface area contributed by atoms with Gasteiger partial charge < -0.3 is 0 Å². The largest absolute Gasteiger partial charge is 0.278 e. The number of carbonyl (C=O) groups is 1. The first-order chi connectivity index (χ1) is 18.4. The number of thiazole rings is 1. The van der Waals surface area contributed by atoms with E-state index in [9.17, 15) is 17.6 Å². The molecule has 7 nitrogen and oxygen atoms in total. The number of nitrogens with zero attached hydrogens (tertiary/aromatic N) is 4. The molecular formula is C28H23FN4O3S2. The van der Waals surface area contributed by atoms with Gasteiger partial charge in [0.15, 0.2) is 5.13 Å². The van der Waals surface area contributed by atoms with Crippen molar-refractivity contribution < 1.29 is 17.6 Å². The van der Waals surface area contributed by atoms with Gasteiger partial charge in [-0.05, 0) is 73.7 Å². The number of hydrogen-bond acceptors (Lipinski definition) is 6. The summed E-state index contributed by atoms with van der Waals surface area (Å²) in [6.07, 6.45) is 1.64. The van der Waals surface area contributed by atoms with Crippen molar-refractivity contribution in [3.8, 4) is 0 Å². The van der Waals surface area contributed by atoms with Crippen molar-refractivity contribution in [1.29, 1.82) is 0 Å². The molecule has 1 amide bonds. The summed E-state index contributed by atoms with van der Waals surface area (Å²) < 4.78 is 42.4. The standard InChI is InChI=1S/C28H23FN4O3S2/c1-2-33(23-9-4-3-5-10-23)38(35,36)24-14-11-20(12-15-24)27(34)32(19-22-8-6-7-17-30-22)28-31-25-16-13-21(29)18-26(25)37-28/h3-18H,2,19H2,1H3. The van der Waals surface area contributed by atoms with E-state index in [-0.39, 0.29) is 35.3 Å². The summed E-state index contributed by atoms with van der Waals surface area (Å²) in [6, 6.07) is 24.4. The Labute approximate surface area is 223 Å². The maximum Gasteiger partial charge on any atom is 0.264 e. The molecule has 0 radical (unpaired) electrons. The van der Waals surface area contributed by atoms with Gasteiger partial charge in [-0.2, -0.15) is 0 Å².